The second kappa shape index (κ2) is 8.26. The van der Waals surface area contributed by atoms with Gasteiger partial charge in [0.2, 0.25) is 5.91 Å². The number of nitrogens with zero attached hydrogens (tertiary/aromatic N) is 3. The normalized spacial score (nSPS) is 20.7. The number of amides is 2. The van der Waals surface area contributed by atoms with Crippen LogP contribution in [0.4, 0.5) is 5.82 Å². The second-order valence-electron chi connectivity index (χ2n) is 6.26. The summed E-state index contributed by atoms with van der Waals surface area (Å²) in [7, 11) is 0. The van der Waals surface area contributed by atoms with Gasteiger partial charge in [-0.15, -0.1) is 0 Å². The van der Waals surface area contributed by atoms with Crippen LogP contribution in [0.5, 0.6) is 0 Å². The minimum Gasteiger partial charge on any atom is -0.376 e. The molecule has 2 amide bonds. The summed E-state index contributed by atoms with van der Waals surface area (Å²) in [6, 6.07) is 3.36. The largest absolute Gasteiger partial charge is 0.376 e. The van der Waals surface area contributed by atoms with Crippen LogP contribution in [0, 0.1) is 0 Å². The van der Waals surface area contributed by atoms with Gasteiger partial charge in [0.1, 0.15) is 12.4 Å². The monoisotopic (exact) mass is 348 g/mol. The Morgan fingerprint density at radius 3 is 2.80 bits per heavy atom. The molecule has 1 aromatic rings. The van der Waals surface area contributed by atoms with Gasteiger partial charge >= 0.3 is 0 Å². The van der Waals surface area contributed by atoms with Crippen LogP contribution >= 0.6 is 0 Å². The number of carbonyl (C=O) groups excluding carboxylic acids is 2. The number of nitrogens with two attached hydrogens (primary N) is 1. The highest BCUT2D eigenvalue weighted by atomic mass is 16.5. The average molecular weight is 348 g/mol. The molecule has 2 saturated heterocycles. The Hall–Kier alpha value is -2.19. The second-order valence-corrected chi connectivity index (χ2v) is 6.26. The lowest BCUT2D eigenvalue weighted by Crippen LogP contribution is -2.50. The predicted molar refractivity (Wildman–Crippen MR) is 91.3 cm³/mol. The first kappa shape index (κ1) is 17.6. The maximum Gasteiger partial charge on any atom is 0.252 e. The number of aromatic nitrogens is 1. The molecule has 2 aliphatic rings. The van der Waals surface area contributed by atoms with E-state index in [1.807, 2.05) is 4.90 Å². The van der Waals surface area contributed by atoms with Gasteiger partial charge in [-0.2, -0.15) is 0 Å². The number of hydrogen-bond acceptors (Lipinski definition) is 6. The van der Waals surface area contributed by atoms with Gasteiger partial charge in [-0.1, -0.05) is 0 Å². The number of piperazine rings is 1. The smallest absolute Gasteiger partial charge is 0.252 e. The summed E-state index contributed by atoms with van der Waals surface area (Å²) in [5.74, 6) is 0.0645. The molecule has 0 radical (unpaired) electrons. The Morgan fingerprint density at radius 1 is 1.32 bits per heavy atom. The van der Waals surface area contributed by atoms with E-state index in [1.165, 1.54) is 0 Å². The summed E-state index contributed by atoms with van der Waals surface area (Å²) in [4.78, 5) is 31.8. The van der Waals surface area contributed by atoms with E-state index in [2.05, 4.69) is 4.98 Å². The molecular formula is C17H24N4O4. The maximum atomic E-state index is 12.2. The molecule has 3 rings (SSSR count). The molecule has 0 saturated carbocycles. The number of pyridine rings is 1. The molecular weight excluding hydrogens is 324 g/mol. The average Bonchev–Trinajstić information content (AvgIpc) is 3.15. The van der Waals surface area contributed by atoms with E-state index >= 15 is 0 Å². The summed E-state index contributed by atoms with van der Waals surface area (Å²) in [6.07, 6.45) is 3.82. The van der Waals surface area contributed by atoms with Crippen LogP contribution in [0.1, 0.15) is 23.2 Å². The minimum atomic E-state index is -0.496. The number of carbonyl (C=O) groups is 2. The lowest BCUT2D eigenvalue weighted by Gasteiger charge is -2.36. The summed E-state index contributed by atoms with van der Waals surface area (Å²) in [5.41, 5.74) is 5.81. The van der Waals surface area contributed by atoms with E-state index in [9.17, 15) is 9.59 Å². The van der Waals surface area contributed by atoms with Crippen molar-refractivity contribution in [3.05, 3.63) is 23.9 Å². The highest BCUT2D eigenvalue weighted by Crippen LogP contribution is 2.18. The highest BCUT2D eigenvalue weighted by Gasteiger charge is 2.24. The number of anilines is 1. The van der Waals surface area contributed by atoms with Crippen molar-refractivity contribution in [2.75, 3.05) is 50.9 Å². The van der Waals surface area contributed by atoms with E-state index < -0.39 is 5.91 Å². The Bertz CT molecular complexity index is 610. The van der Waals surface area contributed by atoms with Gasteiger partial charge in [0.15, 0.2) is 0 Å². The molecule has 1 atom stereocenters. The number of primary amides is 1. The number of hydrogen-bond donors (Lipinski definition) is 1. The van der Waals surface area contributed by atoms with Crippen molar-refractivity contribution >= 4 is 17.6 Å². The molecule has 136 valence electrons. The first-order valence-electron chi connectivity index (χ1n) is 8.62. The van der Waals surface area contributed by atoms with Crippen LogP contribution in [0.25, 0.3) is 0 Å². The van der Waals surface area contributed by atoms with Crippen molar-refractivity contribution in [1.82, 2.24) is 9.88 Å². The van der Waals surface area contributed by atoms with Gasteiger partial charge < -0.3 is 25.0 Å². The van der Waals surface area contributed by atoms with Crippen molar-refractivity contribution in [1.29, 1.82) is 0 Å². The van der Waals surface area contributed by atoms with Gasteiger partial charge in [-0.05, 0) is 25.0 Å². The fraction of sp³-hybridized carbons (Fsp3) is 0.588. The molecule has 0 spiro atoms. The van der Waals surface area contributed by atoms with E-state index in [-0.39, 0.29) is 18.6 Å². The third kappa shape index (κ3) is 4.46. The number of rotatable bonds is 6. The number of ether oxygens (including phenoxy) is 2. The fourth-order valence-electron chi connectivity index (χ4n) is 3.15. The molecule has 0 bridgehead atoms. The molecule has 1 aromatic heterocycles. The van der Waals surface area contributed by atoms with Crippen LogP contribution in [-0.4, -0.2) is 73.8 Å². The van der Waals surface area contributed by atoms with Crippen molar-refractivity contribution in [3.63, 3.8) is 0 Å². The zero-order chi connectivity index (χ0) is 17.6. The zero-order valence-corrected chi connectivity index (χ0v) is 14.2. The summed E-state index contributed by atoms with van der Waals surface area (Å²) in [6.45, 7) is 3.68. The molecule has 25 heavy (non-hydrogen) atoms. The maximum absolute atomic E-state index is 12.2. The third-order valence-electron chi connectivity index (χ3n) is 4.54. The van der Waals surface area contributed by atoms with Gasteiger partial charge in [0.25, 0.3) is 5.91 Å². The van der Waals surface area contributed by atoms with Gasteiger partial charge in [-0.25, -0.2) is 4.98 Å². The lowest BCUT2D eigenvalue weighted by atomic mass is 10.2. The van der Waals surface area contributed by atoms with Gasteiger partial charge in [0.05, 0.1) is 18.3 Å². The Labute approximate surface area is 146 Å². The SMILES string of the molecule is NC(=O)c1cccnc1N1CCN(C(=O)COC[C@@H]2CCCO2)CC1. The van der Waals surface area contributed by atoms with Gasteiger partial charge in [0, 0.05) is 39.0 Å². The van der Waals surface area contributed by atoms with Crippen molar-refractivity contribution < 1.29 is 19.1 Å². The third-order valence-corrected chi connectivity index (χ3v) is 4.54. The van der Waals surface area contributed by atoms with E-state index in [4.69, 9.17) is 15.2 Å². The fourth-order valence-corrected chi connectivity index (χ4v) is 3.15. The quantitative estimate of drug-likeness (QED) is 0.779. The molecule has 3 heterocycles. The standard InChI is InChI=1S/C17H24N4O4/c18-16(23)14-4-1-5-19-17(14)21-8-6-20(7-9-21)15(22)12-24-11-13-3-2-10-25-13/h1,4-5,13H,2-3,6-12H2,(H2,18,23)/t13-/m0/s1. The highest BCUT2D eigenvalue weighted by molar-refractivity contribution is 5.97. The summed E-state index contributed by atoms with van der Waals surface area (Å²) in [5, 5.41) is 0. The van der Waals surface area contributed by atoms with Crippen LogP contribution < -0.4 is 10.6 Å². The Morgan fingerprint density at radius 2 is 2.12 bits per heavy atom. The van der Waals surface area contributed by atoms with Gasteiger partial charge in [-0.3, -0.25) is 9.59 Å². The molecule has 0 aromatic carbocycles. The molecule has 2 N–H and O–H groups in total. The summed E-state index contributed by atoms with van der Waals surface area (Å²) < 4.78 is 11.0. The molecule has 2 aliphatic heterocycles. The molecule has 8 nitrogen and oxygen atoms in total. The van der Waals surface area contributed by atoms with E-state index in [1.54, 1.807) is 23.2 Å². The Kier molecular flexibility index (Phi) is 5.83. The molecule has 8 heteroatoms. The zero-order valence-electron chi connectivity index (χ0n) is 14.2. The minimum absolute atomic E-state index is 0.0196. The molecule has 0 aliphatic carbocycles. The molecule has 0 unspecified atom stereocenters. The van der Waals surface area contributed by atoms with Crippen LogP contribution in [0.15, 0.2) is 18.3 Å². The predicted octanol–water partition coefficient (Wildman–Crippen LogP) is 0.0247. The summed E-state index contributed by atoms with van der Waals surface area (Å²) >= 11 is 0. The van der Waals surface area contributed by atoms with Crippen molar-refractivity contribution in [2.24, 2.45) is 5.73 Å². The van der Waals surface area contributed by atoms with E-state index in [0.717, 1.165) is 19.4 Å². The Balaban J connectivity index is 1.46. The lowest BCUT2D eigenvalue weighted by molar-refractivity contribution is -0.137. The molecule has 2 fully saturated rings. The van der Waals surface area contributed by atoms with Crippen molar-refractivity contribution in [2.45, 2.75) is 18.9 Å². The van der Waals surface area contributed by atoms with Crippen molar-refractivity contribution in [3.8, 4) is 0 Å². The van der Waals surface area contributed by atoms with Crippen LogP contribution in [0.2, 0.25) is 0 Å². The van der Waals surface area contributed by atoms with E-state index in [0.29, 0.717) is 44.2 Å². The first-order chi connectivity index (χ1) is 12.1. The topological polar surface area (TPSA) is 98.0 Å². The van der Waals surface area contributed by atoms with Crippen LogP contribution in [0.3, 0.4) is 0 Å². The first-order valence-corrected chi connectivity index (χ1v) is 8.62. The van der Waals surface area contributed by atoms with Crippen LogP contribution in [-0.2, 0) is 14.3 Å².